The van der Waals surface area contributed by atoms with E-state index in [9.17, 15) is 4.79 Å². The van der Waals surface area contributed by atoms with E-state index >= 15 is 0 Å². The molecule has 6 heteroatoms. The van der Waals surface area contributed by atoms with Crippen LogP contribution in [0.2, 0.25) is 0 Å². The number of benzene rings is 1. The molecule has 0 bridgehead atoms. The number of aromatic nitrogens is 1. The third kappa shape index (κ3) is 2.67. The number of carbonyl (C=O) groups is 1. The second-order valence-electron chi connectivity index (χ2n) is 5.58. The van der Waals surface area contributed by atoms with Crippen molar-refractivity contribution in [2.75, 3.05) is 13.9 Å². The Kier molecular flexibility index (Phi) is 3.29. The van der Waals surface area contributed by atoms with Gasteiger partial charge < -0.3 is 19.5 Å². The standard InChI is InChI=1S/C17H16N2O4/c1-21-14-8-16-15(22-9-23-16)7-12(14)13-6-10(4-5-18-13)17(20)19-11-2-3-11/h4-8,11H,2-3,9H2,1H3,(H,19,20). The number of nitrogens with zero attached hydrogens (tertiary/aromatic N) is 1. The van der Waals surface area contributed by atoms with Crippen LogP contribution in [-0.2, 0) is 0 Å². The van der Waals surface area contributed by atoms with Crippen molar-refractivity contribution in [1.82, 2.24) is 10.3 Å². The van der Waals surface area contributed by atoms with Crippen LogP contribution in [0.25, 0.3) is 11.3 Å². The Balaban J connectivity index is 1.71. The number of methoxy groups -OCH3 is 1. The highest BCUT2D eigenvalue weighted by molar-refractivity contribution is 5.95. The van der Waals surface area contributed by atoms with Crippen LogP contribution in [0.1, 0.15) is 23.2 Å². The predicted molar refractivity (Wildman–Crippen MR) is 82.8 cm³/mol. The number of hydrogen-bond acceptors (Lipinski definition) is 5. The Morgan fingerprint density at radius 2 is 2.04 bits per heavy atom. The molecule has 2 aromatic rings. The molecule has 0 radical (unpaired) electrons. The van der Waals surface area contributed by atoms with Gasteiger partial charge in [-0.05, 0) is 31.0 Å². The van der Waals surface area contributed by atoms with Crippen molar-refractivity contribution >= 4 is 5.91 Å². The highest BCUT2D eigenvalue weighted by Gasteiger charge is 2.24. The number of amides is 1. The topological polar surface area (TPSA) is 69.7 Å². The highest BCUT2D eigenvalue weighted by atomic mass is 16.7. The zero-order valence-corrected chi connectivity index (χ0v) is 12.7. The number of carbonyl (C=O) groups excluding carboxylic acids is 1. The van der Waals surface area contributed by atoms with E-state index in [-0.39, 0.29) is 12.7 Å². The van der Waals surface area contributed by atoms with Crippen LogP contribution in [0, 0.1) is 0 Å². The molecule has 1 aliphatic heterocycles. The minimum atomic E-state index is -0.0733. The van der Waals surface area contributed by atoms with E-state index in [1.165, 1.54) is 0 Å². The lowest BCUT2D eigenvalue weighted by atomic mass is 10.1. The van der Waals surface area contributed by atoms with E-state index in [0.29, 0.717) is 34.5 Å². The first-order valence-electron chi connectivity index (χ1n) is 7.49. The van der Waals surface area contributed by atoms with Gasteiger partial charge in [0.25, 0.3) is 5.91 Å². The first-order chi connectivity index (χ1) is 11.2. The Labute approximate surface area is 133 Å². The average molecular weight is 312 g/mol. The molecular formula is C17H16N2O4. The van der Waals surface area contributed by atoms with Gasteiger partial charge in [-0.25, -0.2) is 0 Å². The minimum Gasteiger partial charge on any atom is -0.496 e. The van der Waals surface area contributed by atoms with Crippen LogP contribution in [0.4, 0.5) is 0 Å². The molecule has 1 N–H and O–H groups in total. The predicted octanol–water partition coefficient (Wildman–Crippen LogP) is 2.38. The number of ether oxygens (including phenoxy) is 3. The number of pyridine rings is 1. The molecule has 1 amide bonds. The fourth-order valence-electron chi connectivity index (χ4n) is 2.51. The van der Waals surface area contributed by atoms with Crippen molar-refractivity contribution in [3.05, 3.63) is 36.0 Å². The maximum atomic E-state index is 12.2. The van der Waals surface area contributed by atoms with Crippen LogP contribution in [0.5, 0.6) is 17.2 Å². The van der Waals surface area contributed by atoms with Crippen LogP contribution in [0.3, 0.4) is 0 Å². The van der Waals surface area contributed by atoms with Gasteiger partial charge in [0.2, 0.25) is 6.79 Å². The van der Waals surface area contributed by atoms with Gasteiger partial charge in [-0.15, -0.1) is 0 Å². The second-order valence-corrected chi connectivity index (χ2v) is 5.58. The Morgan fingerprint density at radius 1 is 1.26 bits per heavy atom. The van der Waals surface area contributed by atoms with Gasteiger partial charge in [-0.1, -0.05) is 0 Å². The Hall–Kier alpha value is -2.76. The molecule has 1 aromatic heterocycles. The van der Waals surface area contributed by atoms with Gasteiger partial charge in [0.15, 0.2) is 11.5 Å². The molecule has 0 atom stereocenters. The van der Waals surface area contributed by atoms with E-state index in [4.69, 9.17) is 14.2 Å². The second kappa shape index (κ2) is 5.46. The lowest BCUT2D eigenvalue weighted by Gasteiger charge is -2.10. The normalized spacial score (nSPS) is 15.3. The van der Waals surface area contributed by atoms with Crippen molar-refractivity contribution in [1.29, 1.82) is 0 Å². The Morgan fingerprint density at radius 3 is 2.78 bits per heavy atom. The molecule has 1 aliphatic carbocycles. The molecule has 2 aliphatic rings. The monoisotopic (exact) mass is 312 g/mol. The zero-order chi connectivity index (χ0) is 15.8. The zero-order valence-electron chi connectivity index (χ0n) is 12.7. The molecule has 23 heavy (non-hydrogen) atoms. The molecule has 2 heterocycles. The van der Waals surface area contributed by atoms with Gasteiger partial charge in [0, 0.05) is 29.4 Å². The molecule has 1 saturated carbocycles. The summed E-state index contributed by atoms with van der Waals surface area (Å²) in [5.74, 6) is 1.85. The summed E-state index contributed by atoms with van der Waals surface area (Å²) in [6.07, 6.45) is 3.74. The maximum absolute atomic E-state index is 12.2. The SMILES string of the molecule is COc1cc2c(cc1-c1cc(C(=O)NC3CC3)ccn1)OCO2. The average Bonchev–Trinajstić information content (AvgIpc) is 3.27. The maximum Gasteiger partial charge on any atom is 0.251 e. The van der Waals surface area contributed by atoms with Crippen LogP contribution in [-0.4, -0.2) is 30.8 Å². The number of nitrogens with one attached hydrogen (secondary N) is 1. The molecule has 0 spiro atoms. The molecule has 6 nitrogen and oxygen atoms in total. The van der Waals surface area contributed by atoms with Crippen molar-refractivity contribution in [3.63, 3.8) is 0 Å². The fraction of sp³-hybridized carbons (Fsp3) is 0.294. The fourth-order valence-corrected chi connectivity index (χ4v) is 2.51. The van der Waals surface area contributed by atoms with Crippen molar-refractivity contribution in [2.45, 2.75) is 18.9 Å². The van der Waals surface area contributed by atoms with Crippen molar-refractivity contribution < 1.29 is 19.0 Å². The van der Waals surface area contributed by atoms with Crippen LogP contribution in [0.15, 0.2) is 30.5 Å². The summed E-state index contributed by atoms with van der Waals surface area (Å²) in [5.41, 5.74) is 2.00. The third-order valence-electron chi connectivity index (χ3n) is 3.91. The van der Waals surface area contributed by atoms with Crippen molar-refractivity contribution in [3.8, 4) is 28.5 Å². The van der Waals surface area contributed by atoms with Gasteiger partial charge in [-0.3, -0.25) is 9.78 Å². The van der Waals surface area contributed by atoms with E-state index in [0.717, 1.165) is 18.4 Å². The van der Waals surface area contributed by atoms with Crippen LogP contribution >= 0.6 is 0 Å². The summed E-state index contributed by atoms with van der Waals surface area (Å²) in [6, 6.07) is 7.39. The van der Waals surface area contributed by atoms with E-state index in [2.05, 4.69) is 10.3 Å². The first-order valence-corrected chi connectivity index (χ1v) is 7.49. The largest absolute Gasteiger partial charge is 0.496 e. The number of hydrogen-bond donors (Lipinski definition) is 1. The third-order valence-corrected chi connectivity index (χ3v) is 3.91. The lowest BCUT2D eigenvalue weighted by molar-refractivity contribution is 0.0951. The van der Waals surface area contributed by atoms with Gasteiger partial charge in [0.1, 0.15) is 5.75 Å². The first kappa shape index (κ1) is 13.9. The van der Waals surface area contributed by atoms with Crippen LogP contribution < -0.4 is 19.5 Å². The summed E-state index contributed by atoms with van der Waals surface area (Å²) < 4.78 is 16.2. The Bertz CT molecular complexity index is 771. The van der Waals surface area contributed by atoms with E-state index in [1.807, 2.05) is 6.07 Å². The summed E-state index contributed by atoms with van der Waals surface area (Å²) in [5, 5.41) is 2.98. The quantitative estimate of drug-likeness (QED) is 0.938. The smallest absolute Gasteiger partial charge is 0.251 e. The van der Waals surface area contributed by atoms with Gasteiger partial charge in [0.05, 0.1) is 12.8 Å². The summed E-state index contributed by atoms with van der Waals surface area (Å²) in [4.78, 5) is 16.6. The molecule has 0 saturated heterocycles. The van der Waals surface area contributed by atoms with Crippen molar-refractivity contribution in [2.24, 2.45) is 0 Å². The summed E-state index contributed by atoms with van der Waals surface area (Å²) in [6.45, 7) is 0.194. The molecular weight excluding hydrogens is 296 g/mol. The van der Waals surface area contributed by atoms with E-state index in [1.54, 1.807) is 31.5 Å². The molecule has 118 valence electrons. The number of fused-ring (bicyclic) bond motifs is 1. The molecule has 0 unspecified atom stereocenters. The number of rotatable bonds is 4. The lowest BCUT2D eigenvalue weighted by Crippen LogP contribution is -2.25. The van der Waals surface area contributed by atoms with E-state index < -0.39 is 0 Å². The minimum absolute atomic E-state index is 0.0733. The molecule has 1 aromatic carbocycles. The molecule has 1 fully saturated rings. The summed E-state index contributed by atoms with van der Waals surface area (Å²) >= 11 is 0. The van der Waals surface area contributed by atoms with Gasteiger partial charge in [-0.2, -0.15) is 0 Å². The summed E-state index contributed by atoms with van der Waals surface area (Å²) in [7, 11) is 1.59. The highest BCUT2D eigenvalue weighted by Crippen LogP contribution is 2.42. The molecule has 4 rings (SSSR count). The van der Waals surface area contributed by atoms with Gasteiger partial charge >= 0.3 is 0 Å².